The first-order valence-corrected chi connectivity index (χ1v) is 14.1. The lowest BCUT2D eigenvalue weighted by atomic mass is 10.1. The topological polar surface area (TPSA) is 66.9 Å². The average molecular weight is 723 g/mol. The predicted molar refractivity (Wildman–Crippen MR) is 151 cm³/mol. The molecule has 0 spiro atoms. The van der Waals surface area contributed by atoms with Gasteiger partial charge in [0.1, 0.15) is 18.9 Å². The van der Waals surface area contributed by atoms with Gasteiger partial charge in [-0.1, -0.05) is 29.8 Å². The van der Waals surface area contributed by atoms with Gasteiger partial charge in [-0.05, 0) is 106 Å². The lowest BCUT2D eigenvalue weighted by Crippen LogP contribution is -2.44. The van der Waals surface area contributed by atoms with Gasteiger partial charge >= 0.3 is 0 Å². The Morgan fingerprint density at radius 1 is 1.09 bits per heavy atom. The van der Waals surface area contributed by atoms with Gasteiger partial charge in [-0.2, -0.15) is 0 Å². The highest BCUT2D eigenvalue weighted by Gasteiger charge is 2.37. The van der Waals surface area contributed by atoms with Gasteiger partial charge in [-0.3, -0.25) is 19.3 Å². The van der Waals surface area contributed by atoms with Crippen LogP contribution in [0.3, 0.4) is 0 Å². The zero-order valence-corrected chi connectivity index (χ0v) is 23.9. The zero-order valence-electron chi connectivity index (χ0n) is 18.1. The van der Waals surface area contributed by atoms with E-state index in [4.69, 9.17) is 16.3 Å². The number of carbonyl (C=O) groups excluding carboxylic acids is 3. The quantitative estimate of drug-likeness (QED) is 0.264. The van der Waals surface area contributed by atoms with E-state index in [9.17, 15) is 14.4 Å². The Bertz CT molecular complexity index is 1140. The van der Waals surface area contributed by atoms with Crippen LogP contribution < -0.4 is 4.74 Å². The van der Waals surface area contributed by atoms with Crippen molar-refractivity contribution in [3.05, 3.63) is 64.6 Å². The van der Waals surface area contributed by atoms with Crippen LogP contribution in [0.4, 0.5) is 4.79 Å². The lowest BCUT2D eigenvalue weighted by molar-refractivity contribution is -0.136. The fourth-order valence-electron chi connectivity index (χ4n) is 3.73. The van der Waals surface area contributed by atoms with E-state index in [0.29, 0.717) is 29.6 Å². The van der Waals surface area contributed by atoms with Crippen molar-refractivity contribution in [2.75, 3.05) is 19.6 Å². The van der Waals surface area contributed by atoms with Crippen LogP contribution in [0.25, 0.3) is 6.08 Å². The fraction of sp³-hybridized carbons (Fsp3) is 0.292. The third kappa shape index (κ3) is 6.08. The number of halogens is 3. The maximum Gasteiger partial charge on any atom is 0.294 e. The van der Waals surface area contributed by atoms with Crippen molar-refractivity contribution in [1.29, 1.82) is 0 Å². The van der Waals surface area contributed by atoms with Gasteiger partial charge in [0.05, 0.1) is 12.0 Å². The fourth-order valence-corrected chi connectivity index (χ4v) is 6.89. The van der Waals surface area contributed by atoms with E-state index < -0.39 is 11.1 Å². The maximum atomic E-state index is 12.9. The number of carbonyl (C=O) groups is 3. The van der Waals surface area contributed by atoms with E-state index in [0.717, 1.165) is 59.9 Å². The number of nitrogens with zero attached hydrogens (tertiary/aromatic N) is 2. The molecule has 0 aromatic heterocycles. The third-order valence-corrected chi connectivity index (χ3v) is 8.40. The molecule has 0 atom stereocenters. The van der Waals surface area contributed by atoms with Gasteiger partial charge in [0, 0.05) is 23.7 Å². The number of imide groups is 1. The second kappa shape index (κ2) is 11.6. The summed E-state index contributed by atoms with van der Waals surface area (Å²) in [6.45, 7) is 1.51. The van der Waals surface area contributed by atoms with Crippen molar-refractivity contribution in [1.82, 2.24) is 9.80 Å². The Balaban J connectivity index is 1.46. The van der Waals surface area contributed by atoms with Crippen LogP contribution in [-0.2, 0) is 16.2 Å². The summed E-state index contributed by atoms with van der Waals surface area (Å²) in [5.74, 6) is 0.135. The van der Waals surface area contributed by atoms with Crippen LogP contribution in [0.1, 0.15) is 30.4 Å². The zero-order chi connectivity index (χ0) is 24.2. The molecular formula is C24H21ClI2N2O4S. The van der Waals surface area contributed by atoms with E-state index in [2.05, 4.69) is 45.2 Å². The highest BCUT2D eigenvalue weighted by atomic mass is 127. The standard InChI is InChI=1S/C24H21ClI2N2O4S/c25-17-7-3-2-6-16(17)14-33-22-18(26)10-15(11-19(22)27)12-20-23(31)29(24(32)34-20)13-21(30)28-8-4-1-5-9-28/h2-3,6-7,10-12H,1,4-5,8-9,13-14H2/b20-12-. The number of rotatable bonds is 6. The molecule has 10 heteroatoms. The Morgan fingerprint density at radius 2 is 1.76 bits per heavy atom. The number of hydrogen-bond acceptors (Lipinski definition) is 5. The molecule has 0 radical (unpaired) electrons. The largest absolute Gasteiger partial charge is 0.487 e. The molecule has 0 aliphatic carbocycles. The number of thioether (sulfide) groups is 1. The summed E-state index contributed by atoms with van der Waals surface area (Å²) in [4.78, 5) is 41.0. The normalized spacial score (nSPS) is 17.6. The molecule has 4 rings (SSSR count). The molecule has 0 N–H and O–H groups in total. The van der Waals surface area contributed by atoms with Crippen LogP contribution in [-0.4, -0.2) is 46.5 Å². The Labute approximate surface area is 234 Å². The van der Waals surface area contributed by atoms with Gasteiger partial charge in [0.2, 0.25) is 5.91 Å². The minimum absolute atomic E-state index is 0.174. The lowest BCUT2D eigenvalue weighted by Gasteiger charge is -2.27. The van der Waals surface area contributed by atoms with Crippen molar-refractivity contribution in [3.8, 4) is 5.75 Å². The molecule has 2 aliphatic rings. The van der Waals surface area contributed by atoms with E-state index >= 15 is 0 Å². The van der Waals surface area contributed by atoms with Gasteiger partial charge in [-0.15, -0.1) is 0 Å². The summed E-state index contributed by atoms with van der Waals surface area (Å²) in [7, 11) is 0. The summed E-state index contributed by atoms with van der Waals surface area (Å²) in [5, 5.41) is 0.240. The molecule has 2 fully saturated rings. The molecule has 0 unspecified atom stereocenters. The van der Waals surface area contributed by atoms with Crippen LogP contribution >= 0.6 is 68.5 Å². The number of benzene rings is 2. The summed E-state index contributed by atoms with van der Waals surface area (Å²) >= 11 is 11.5. The SMILES string of the molecule is O=C(CN1C(=O)S/C(=C\c2cc(I)c(OCc3ccccc3Cl)c(I)c2)C1=O)N1CCCCC1. The molecule has 3 amide bonds. The molecule has 2 aromatic rings. The van der Waals surface area contributed by atoms with Gasteiger partial charge < -0.3 is 9.64 Å². The van der Waals surface area contributed by atoms with E-state index in [1.165, 1.54) is 0 Å². The number of ether oxygens (including phenoxy) is 1. The van der Waals surface area contributed by atoms with Crippen molar-refractivity contribution in [2.45, 2.75) is 25.9 Å². The van der Waals surface area contributed by atoms with E-state index in [1.807, 2.05) is 36.4 Å². The Morgan fingerprint density at radius 3 is 2.44 bits per heavy atom. The number of likely N-dealkylation sites (tertiary alicyclic amines) is 1. The highest BCUT2D eigenvalue weighted by Crippen LogP contribution is 2.35. The molecule has 2 heterocycles. The first-order valence-electron chi connectivity index (χ1n) is 10.7. The van der Waals surface area contributed by atoms with Gasteiger partial charge in [0.15, 0.2) is 0 Å². The molecule has 178 valence electrons. The number of hydrogen-bond donors (Lipinski definition) is 0. The van der Waals surface area contributed by atoms with Crippen molar-refractivity contribution >= 4 is 91.7 Å². The minimum atomic E-state index is -0.426. The van der Waals surface area contributed by atoms with E-state index in [1.54, 1.807) is 11.0 Å². The second-order valence-corrected chi connectivity index (χ2v) is 11.6. The molecule has 2 aromatic carbocycles. The van der Waals surface area contributed by atoms with Crippen LogP contribution in [0.15, 0.2) is 41.3 Å². The first kappa shape index (κ1) is 25.8. The summed E-state index contributed by atoms with van der Waals surface area (Å²) in [6, 6.07) is 11.3. The molecule has 6 nitrogen and oxygen atoms in total. The van der Waals surface area contributed by atoms with Crippen LogP contribution in [0.5, 0.6) is 5.75 Å². The third-order valence-electron chi connectivity index (χ3n) is 5.52. The van der Waals surface area contributed by atoms with Gasteiger partial charge in [-0.25, -0.2) is 0 Å². The highest BCUT2D eigenvalue weighted by molar-refractivity contribution is 14.1. The average Bonchev–Trinajstić information content (AvgIpc) is 3.07. The molecular weight excluding hydrogens is 702 g/mol. The molecule has 0 saturated carbocycles. The molecule has 34 heavy (non-hydrogen) atoms. The first-order chi connectivity index (χ1) is 16.3. The predicted octanol–water partition coefficient (Wildman–Crippen LogP) is 6.18. The smallest absolute Gasteiger partial charge is 0.294 e. The van der Waals surface area contributed by atoms with Crippen molar-refractivity contribution < 1.29 is 19.1 Å². The number of piperidine rings is 1. The second-order valence-electron chi connectivity index (χ2n) is 7.90. The Kier molecular flexibility index (Phi) is 8.81. The molecule has 0 bridgehead atoms. The molecule has 2 aliphatic heterocycles. The summed E-state index contributed by atoms with van der Waals surface area (Å²) in [6.07, 6.45) is 4.72. The minimum Gasteiger partial charge on any atom is -0.487 e. The van der Waals surface area contributed by atoms with Crippen molar-refractivity contribution in [3.63, 3.8) is 0 Å². The molecule has 2 saturated heterocycles. The van der Waals surface area contributed by atoms with E-state index in [-0.39, 0.29) is 12.5 Å². The van der Waals surface area contributed by atoms with Gasteiger partial charge in [0.25, 0.3) is 11.1 Å². The summed E-state index contributed by atoms with van der Waals surface area (Å²) in [5.41, 5.74) is 1.68. The number of amides is 3. The Hall–Kier alpha value is -1.31. The monoisotopic (exact) mass is 722 g/mol. The van der Waals surface area contributed by atoms with Crippen molar-refractivity contribution in [2.24, 2.45) is 0 Å². The van der Waals surface area contributed by atoms with Crippen LogP contribution in [0, 0.1) is 7.14 Å². The van der Waals surface area contributed by atoms with Crippen LogP contribution in [0.2, 0.25) is 5.02 Å². The summed E-state index contributed by atoms with van der Waals surface area (Å²) < 4.78 is 7.77. The maximum absolute atomic E-state index is 12.9.